The average Bonchev–Trinajstić information content (AvgIpc) is 2.80. The molecule has 1 amide bonds. The van der Waals surface area contributed by atoms with Crippen molar-refractivity contribution in [2.24, 2.45) is 0 Å². The van der Waals surface area contributed by atoms with Gasteiger partial charge in [-0.3, -0.25) is 9.10 Å². The van der Waals surface area contributed by atoms with Gasteiger partial charge in [-0.15, -0.1) is 0 Å². The summed E-state index contributed by atoms with van der Waals surface area (Å²) in [6, 6.07) is 20.8. The lowest BCUT2D eigenvalue weighted by Gasteiger charge is -2.28. The zero-order chi connectivity index (χ0) is 24.7. The fraction of sp³-hybridized carbons (Fsp3) is 0.200. The number of nitrogens with one attached hydrogen (secondary N) is 1. The number of amides is 1. The van der Waals surface area contributed by atoms with Crippen molar-refractivity contribution in [3.8, 4) is 11.5 Å². The Morgan fingerprint density at radius 2 is 1.59 bits per heavy atom. The van der Waals surface area contributed by atoms with Gasteiger partial charge in [-0.2, -0.15) is 0 Å². The largest absolute Gasteiger partial charge is 0.462 e. The van der Waals surface area contributed by atoms with Gasteiger partial charge in [0.05, 0.1) is 24.1 Å². The fourth-order valence-corrected chi connectivity index (χ4v) is 4.45. The minimum absolute atomic E-state index is 0.227. The van der Waals surface area contributed by atoms with Crippen LogP contribution in [0.4, 0.5) is 11.4 Å². The number of esters is 1. The van der Waals surface area contributed by atoms with Gasteiger partial charge in [0.2, 0.25) is 15.9 Å². The van der Waals surface area contributed by atoms with Crippen molar-refractivity contribution in [1.29, 1.82) is 0 Å². The molecule has 0 radical (unpaired) electrons. The summed E-state index contributed by atoms with van der Waals surface area (Å²) >= 11 is 0. The number of para-hydroxylation sites is 1. The van der Waals surface area contributed by atoms with E-state index >= 15 is 0 Å². The van der Waals surface area contributed by atoms with E-state index in [0.717, 1.165) is 10.6 Å². The molecule has 178 valence electrons. The summed E-state index contributed by atoms with van der Waals surface area (Å²) in [7, 11) is -3.80. The third-order valence-corrected chi connectivity index (χ3v) is 6.04. The predicted molar refractivity (Wildman–Crippen MR) is 131 cm³/mol. The van der Waals surface area contributed by atoms with Crippen LogP contribution in [0.1, 0.15) is 24.2 Å². The van der Waals surface area contributed by atoms with E-state index in [1.165, 1.54) is 13.0 Å². The topological polar surface area (TPSA) is 102 Å². The van der Waals surface area contributed by atoms with E-state index in [4.69, 9.17) is 9.47 Å². The highest BCUT2D eigenvalue weighted by Crippen LogP contribution is 2.27. The van der Waals surface area contributed by atoms with Gasteiger partial charge < -0.3 is 14.8 Å². The molecule has 0 fully saturated rings. The normalized spacial score (nSPS) is 11.9. The monoisotopic (exact) mass is 482 g/mol. The van der Waals surface area contributed by atoms with Crippen LogP contribution in [-0.2, 0) is 19.6 Å². The second-order valence-corrected chi connectivity index (χ2v) is 9.29. The number of carbonyl (C=O) groups excluding carboxylic acids is 2. The van der Waals surface area contributed by atoms with Gasteiger partial charge in [-0.1, -0.05) is 24.3 Å². The quantitative estimate of drug-likeness (QED) is 0.452. The van der Waals surface area contributed by atoms with Gasteiger partial charge in [0.25, 0.3) is 0 Å². The van der Waals surface area contributed by atoms with E-state index in [1.54, 1.807) is 61.5 Å². The number of carbonyl (C=O) groups is 2. The van der Waals surface area contributed by atoms with Crippen LogP contribution in [0.15, 0.2) is 78.9 Å². The Kier molecular flexibility index (Phi) is 7.91. The summed E-state index contributed by atoms with van der Waals surface area (Å²) in [6.07, 6.45) is 1.03. The number of hydrogen-bond donors (Lipinski definition) is 1. The summed E-state index contributed by atoms with van der Waals surface area (Å²) in [4.78, 5) is 24.9. The second kappa shape index (κ2) is 10.8. The van der Waals surface area contributed by atoms with Gasteiger partial charge >= 0.3 is 5.97 Å². The lowest BCUT2D eigenvalue weighted by molar-refractivity contribution is -0.116. The molecule has 0 heterocycles. The van der Waals surface area contributed by atoms with E-state index < -0.39 is 27.9 Å². The summed E-state index contributed by atoms with van der Waals surface area (Å²) in [5.74, 6) is 0.0996. The van der Waals surface area contributed by atoms with Crippen LogP contribution in [0.2, 0.25) is 0 Å². The Hall–Kier alpha value is -3.85. The number of ether oxygens (including phenoxy) is 2. The van der Waals surface area contributed by atoms with E-state index in [0.29, 0.717) is 22.9 Å². The van der Waals surface area contributed by atoms with Crippen molar-refractivity contribution in [3.05, 3.63) is 84.4 Å². The third-order valence-electron chi connectivity index (χ3n) is 4.80. The fourth-order valence-electron chi connectivity index (χ4n) is 3.28. The minimum atomic E-state index is -3.80. The third kappa shape index (κ3) is 6.35. The van der Waals surface area contributed by atoms with Crippen LogP contribution < -0.4 is 14.4 Å². The first kappa shape index (κ1) is 24.8. The SMILES string of the molecule is CCOC(=O)c1cccc(NC(=O)C(C)N(c2ccc(Oc3ccccc3)cc2)S(C)(=O)=O)c1. The average molecular weight is 483 g/mol. The number of sulfonamides is 1. The maximum Gasteiger partial charge on any atom is 0.338 e. The van der Waals surface area contributed by atoms with Crippen LogP contribution in [0.5, 0.6) is 11.5 Å². The molecule has 0 aromatic heterocycles. The molecule has 0 spiro atoms. The Morgan fingerprint density at radius 1 is 0.941 bits per heavy atom. The molecule has 0 bridgehead atoms. The van der Waals surface area contributed by atoms with Crippen molar-refractivity contribution in [2.45, 2.75) is 19.9 Å². The smallest absolute Gasteiger partial charge is 0.338 e. The molecular formula is C25H26N2O6S. The van der Waals surface area contributed by atoms with Crippen LogP contribution in [0, 0.1) is 0 Å². The molecule has 9 heteroatoms. The van der Waals surface area contributed by atoms with Crippen molar-refractivity contribution < 1.29 is 27.5 Å². The highest BCUT2D eigenvalue weighted by Gasteiger charge is 2.29. The zero-order valence-electron chi connectivity index (χ0n) is 19.1. The van der Waals surface area contributed by atoms with Gasteiger partial charge in [0, 0.05) is 5.69 Å². The minimum Gasteiger partial charge on any atom is -0.462 e. The Labute approximate surface area is 199 Å². The molecule has 1 unspecified atom stereocenters. The Balaban J connectivity index is 1.78. The van der Waals surface area contributed by atoms with E-state index in [9.17, 15) is 18.0 Å². The molecule has 0 saturated carbocycles. The van der Waals surface area contributed by atoms with Gasteiger partial charge in [0.1, 0.15) is 17.5 Å². The van der Waals surface area contributed by atoms with Crippen LogP contribution in [0.3, 0.4) is 0 Å². The molecule has 0 aliphatic rings. The Morgan fingerprint density at radius 3 is 2.21 bits per heavy atom. The first-order chi connectivity index (χ1) is 16.2. The maximum absolute atomic E-state index is 12.9. The molecule has 0 saturated heterocycles. The van der Waals surface area contributed by atoms with Crippen LogP contribution in [0.25, 0.3) is 0 Å². The molecular weight excluding hydrogens is 456 g/mol. The van der Waals surface area contributed by atoms with E-state index in [1.807, 2.05) is 18.2 Å². The molecule has 1 atom stereocenters. The first-order valence-corrected chi connectivity index (χ1v) is 12.4. The van der Waals surface area contributed by atoms with Crippen molar-refractivity contribution in [2.75, 3.05) is 22.5 Å². The molecule has 0 aliphatic carbocycles. The first-order valence-electron chi connectivity index (χ1n) is 10.6. The molecule has 3 aromatic rings. The standard InChI is InChI=1S/C25H26N2O6S/c1-4-32-25(29)19-9-8-10-20(17-19)26-24(28)18(2)27(34(3,30)31)21-13-15-23(16-14-21)33-22-11-6-5-7-12-22/h5-18H,4H2,1-3H3,(H,26,28). The summed E-state index contributed by atoms with van der Waals surface area (Å²) in [6.45, 7) is 3.41. The number of rotatable bonds is 9. The summed E-state index contributed by atoms with van der Waals surface area (Å²) in [5, 5.41) is 2.67. The highest BCUT2D eigenvalue weighted by atomic mass is 32.2. The molecule has 3 aromatic carbocycles. The number of anilines is 2. The van der Waals surface area contributed by atoms with Crippen LogP contribution >= 0.6 is 0 Å². The summed E-state index contributed by atoms with van der Waals surface area (Å²) in [5.41, 5.74) is 0.939. The molecule has 8 nitrogen and oxygen atoms in total. The van der Waals surface area contributed by atoms with Gasteiger partial charge in [-0.05, 0) is 68.4 Å². The molecule has 1 N–H and O–H groups in total. The van der Waals surface area contributed by atoms with Crippen molar-refractivity contribution >= 4 is 33.3 Å². The second-order valence-electron chi connectivity index (χ2n) is 7.43. The van der Waals surface area contributed by atoms with Crippen molar-refractivity contribution in [3.63, 3.8) is 0 Å². The van der Waals surface area contributed by atoms with Gasteiger partial charge in [0.15, 0.2) is 0 Å². The number of benzene rings is 3. The number of nitrogens with zero attached hydrogens (tertiary/aromatic N) is 1. The predicted octanol–water partition coefficient (Wildman–Crippen LogP) is 4.45. The lowest BCUT2D eigenvalue weighted by atomic mass is 10.2. The highest BCUT2D eigenvalue weighted by molar-refractivity contribution is 7.92. The molecule has 3 rings (SSSR count). The molecule has 34 heavy (non-hydrogen) atoms. The lowest BCUT2D eigenvalue weighted by Crippen LogP contribution is -2.45. The van der Waals surface area contributed by atoms with Gasteiger partial charge in [-0.25, -0.2) is 13.2 Å². The summed E-state index contributed by atoms with van der Waals surface area (Å²) < 4.78 is 36.9. The molecule has 0 aliphatic heterocycles. The van der Waals surface area contributed by atoms with Crippen molar-refractivity contribution in [1.82, 2.24) is 0 Å². The zero-order valence-corrected chi connectivity index (χ0v) is 19.9. The van der Waals surface area contributed by atoms with Crippen LogP contribution in [-0.4, -0.2) is 39.2 Å². The van der Waals surface area contributed by atoms with E-state index in [-0.39, 0.29) is 12.2 Å². The van der Waals surface area contributed by atoms with E-state index in [2.05, 4.69) is 5.32 Å². The maximum atomic E-state index is 12.9. The Bertz CT molecular complexity index is 1240. The number of hydrogen-bond acceptors (Lipinski definition) is 6.